The third kappa shape index (κ3) is 1.54. The maximum atomic E-state index is 11.4. The van der Waals surface area contributed by atoms with Crippen molar-refractivity contribution in [3.05, 3.63) is 34.5 Å². The van der Waals surface area contributed by atoms with Crippen LogP contribution in [0.15, 0.2) is 12.1 Å². The SMILES string of the molecule is Cc1cc(C)c2[nH]c3c(c2c1)C(C(=O)O)CCC3. The van der Waals surface area contributed by atoms with Gasteiger partial charge in [0, 0.05) is 16.6 Å². The van der Waals surface area contributed by atoms with E-state index in [4.69, 9.17) is 0 Å². The van der Waals surface area contributed by atoms with Crippen LogP contribution in [0, 0.1) is 13.8 Å². The maximum absolute atomic E-state index is 11.4. The van der Waals surface area contributed by atoms with Crippen LogP contribution in [0.2, 0.25) is 0 Å². The average molecular weight is 243 g/mol. The van der Waals surface area contributed by atoms with Crippen molar-refractivity contribution >= 4 is 16.9 Å². The molecule has 0 fully saturated rings. The number of fused-ring (bicyclic) bond motifs is 3. The summed E-state index contributed by atoms with van der Waals surface area (Å²) in [6, 6.07) is 4.25. The molecule has 0 aliphatic heterocycles. The minimum Gasteiger partial charge on any atom is -0.481 e. The molecule has 0 amide bonds. The monoisotopic (exact) mass is 243 g/mol. The van der Waals surface area contributed by atoms with Crippen LogP contribution in [0.3, 0.4) is 0 Å². The van der Waals surface area contributed by atoms with Crippen molar-refractivity contribution < 1.29 is 9.90 Å². The van der Waals surface area contributed by atoms with E-state index < -0.39 is 5.97 Å². The lowest BCUT2D eigenvalue weighted by Crippen LogP contribution is -2.17. The molecule has 1 unspecified atom stereocenters. The van der Waals surface area contributed by atoms with Crippen LogP contribution in [-0.4, -0.2) is 16.1 Å². The number of carbonyl (C=O) groups is 1. The van der Waals surface area contributed by atoms with Gasteiger partial charge < -0.3 is 10.1 Å². The number of aromatic amines is 1. The molecule has 1 aromatic carbocycles. The zero-order valence-corrected chi connectivity index (χ0v) is 10.7. The molecule has 2 N–H and O–H groups in total. The van der Waals surface area contributed by atoms with Crippen LogP contribution in [-0.2, 0) is 11.2 Å². The summed E-state index contributed by atoms with van der Waals surface area (Å²) in [6.45, 7) is 4.14. The van der Waals surface area contributed by atoms with Crippen molar-refractivity contribution in [2.45, 2.75) is 39.0 Å². The second-order valence-corrected chi connectivity index (χ2v) is 5.30. The van der Waals surface area contributed by atoms with Gasteiger partial charge in [-0.15, -0.1) is 0 Å². The minimum absolute atomic E-state index is 0.344. The number of aryl methyl sites for hydroxylation is 3. The molecule has 1 atom stereocenters. The van der Waals surface area contributed by atoms with Crippen LogP contribution in [0.1, 0.15) is 41.1 Å². The number of aromatic nitrogens is 1. The molecule has 94 valence electrons. The van der Waals surface area contributed by atoms with E-state index in [1.807, 2.05) is 0 Å². The molecule has 18 heavy (non-hydrogen) atoms. The smallest absolute Gasteiger partial charge is 0.311 e. The van der Waals surface area contributed by atoms with Gasteiger partial charge in [0.05, 0.1) is 5.92 Å². The molecule has 2 aromatic rings. The second-order valence-electron chi connectivity index (χ2n) is 5.30. The Labute approximate surface area is 106 Å². The normalized spacial score (nSPS) is 18.9. The zero-order valence-electron chi connectivity index (χ0n) is 10.7. The Hall–Kier alpha value is -1.77. The van der Waals surface area contributed by atoms with Crippen LogP contribution in [0.5, 0.6) is 0 Å². The largest absolute Gasteiger partial charge is 0.481 e. The predicted octanol–water partition coefficient (Wildman–Crippen LogP) is 3.29. The third-order valence-corrected chi connectivity index (χ3v) is 3.94. The number of H-pyrrole nitrogens is 1. The van der Waals surface area contributed by atoms with Crippen LogP contribution < -0.4 is 0 Å². The second kappa shape index (κ2) is 3.87. The topological polar surface area (TPSA) is 53.1 Å². The molecule has 0 bridgehead atoms. The maximum Gasteiger partial charge on any atom is 0.311 e. The summed E-state index contributed by atoms with van der Waals surface area (Å²) >= 11 is 0. The highest BCUT2D eigenvalue weighted by molar-refractivity contribution is 5.93. The highest BCUT2D eigenvalue weighted by atomic mass is 16.4. The summed E-state index contributed by atoms with van der Waals surface area (Å²) in [6.07, 6.45) is 2.67. The lowest BCUT2D eigenvalue weighted by Gasteiger charge is -2.19. The molecule has 3 rings (SSSR count). The van der Waals surface area contributed by atoms with Crippen LogP contribution in [0.25, 0.3) is 10.9 Å². The van der Waals surface area contributed by atoms with Gasteiger partial charge in [0.1, 0.15) is 0 Å². The number of nitrogens with one attached hydrogen (secondary N) is 1. The molecule has 1 aromatic heterocycles. The number of carboxylic acid groups (broad SMARTS) is 1. The fraction of sp³-hybridized carbons (Fsp3) is 0.400. The molecule has 0 saturated heterocycles. The molecule has 3 heteroatoms. The fourth-order valence-electron chi connectivity index (χ4n) is 3.20. The Balaban J connectivity index is 2.33. The average Bonchev–Trinajstić information content (AvgIpc) is 2.68. The highest BCUT2D eigenvalue weighted by Crippen LogP contribution is 2.38. The van der Waals surface area contributed by atoms with Gasteiger partial charge in [-0.3, -0.25) is 4.79 Å². The Kier molecular flexibility index (Phi) is 2.44. The standard InChI is InChI=1S/C15H17NO2/c1-8-6-9(2)14-11(7-8)13-10(15(17)18)4-3-5-12(13)16-14/h6-7,10,16H,3-5H2,1-2H3,(H,17,18). The van der Waals surface area contributed by atoms with E-state index in [0.29, 0.717) is 0 Å². The molecule has 1 aliphatic rings. The van der Waals surface area contributed by atoms with Crippen LogP contribution in [0.4, 0.5) is 0 Å². The Bertz CT molecular complexity index is 639. The molecular weight excluding hydrogens is 226 g/mol. The van der Waals surface area contributed by atoms with E-state index in [2.05, 4.69) is 31.0 Å². The summed E-state index contributed by atoms with van der Waals surface area (Å²) in [7, 11) is 0. The number of hydrogen-bond donors (Lipinski definition) is 2. The fourth-order valence-corrected chi connectivity index (χ4v) is 3.20. The first-order chi connectivity index (χ1) is 8.58. The number of benzene rings is 1. The van der Waals surface area contributed by atoms with E-state index in [1.165, 1.54) is 11.1 Å². The van der Waals surface area contributed by atoms with Gasteiger partial charge in [-0.25, -0.2) is 0 Å². The molecule has 0 radical (unpaired) electrons. The summed E-state index contributed by atoms with van der Waals surface area (Å²) < 4.78 is 0. The predicted molar refractivity (Wildman–Crippen MR) is 71.1 cm³/mol. The first kappa shape index (κ1) is 11.3. The van der Waals surface area contributed by atoms with E-state index in [0.717, 1.165) is 41.4 Å². The Morgan fingerprint density at radius 2 is 2.17 bits per heavy atom. The Morgan fingerprint density at radius 3 is 2.89 bits per heavy atom. The Morgan fingerprint density at radius 1 is 1.39 bits per heavy atom. The molecule has 1 aliphatic carbocycles. The molecule has 0 spiro atoms. The third-order valence-electron chi connectivity index (χ3n) is 3.94. The van der Waals surface area contributed by atoms with Crippen LogP contribution >= 0.6 is 0 Å². The highest BCUT2D eigenvalue weighted by Gasteiger charge is 2.29. The van der Waals surface area contributed by atoms with E-state index >= 15 is 0 Å². The van der Waals surface area contributed by atoms with Crippen molar-refractivity contribution in [3.8, 4) is 0 Å². The van der Waals surface area contributed by atoms with Gasteiger partial charge in [0.2, 0.25) is 0 Å². The lowest BCUT2D eigenvalue weighted by molar-refractivity contribution is -0.139. The van der Waals surface area contributed by atoms with E-state index in [-0.39, 0.29) is 5.92 Å². The van der Waals surface area contributed by atoms with Gasteiger partial charge in [-0.05, 0) is 50.3 Å². The van der Waals surface area contributed by atoms with Gasteiger partial charge in [0.25, 0.3) is 0 Å². The number of aliphatic carboxylic acids is 1. The van der Waals surface area contributed by atoms with E-state index in [1.54, 1.807) is 0 Å². The van der Waals surface area contributed by atoms with Gasteiger partial charge in [-0.2, -0.15) is 0 Å². The first-order valence-electron chi connectivity index (χ1n) is 6.42. The van der Waals surface area contributed by atoms with Crippen molar-refractivity contribution in [3.63, 3.8) is 0 Å². The summed E-state index contributed by atoms with van der Waals surface area (Å²) in [5, 5.41) is 10.5. The van der Waals surface area contributed by atoms with Crippen molar-refractivity contribution in [2.24, 2.45) is 0 Å². The summed E-state index contributed by atoms with van der Waals surface area (Å²) in [5.74, 6) is -1.04. The first-order valence-corrected chi connectivity index (χ1v) is 6.42. The van der Waals surface area contributed by atoms with Gasteiger partial charge >= 0.3 is 5.97 Å². The minimum atomic E-state index is -0.698. The summed E-state index contributed by atoms with van der Waals surface area (Å²) in [4.78, 5) is 14.8. The number of hydrogen-bond acceptors (Lipinski definition) is 1. The molecule has 0 saturated carbocycles. The van der Waals surface area contributed by atoms with Crippen molar-refractivity contribution in [2.75, 3.05) is 0 Å². The molecule has 1 heterocycles. The van der Waals surface area contributed by atoms with Gasteiger partial charge in [0.15, 0.2) is 0 Å². The van der Waals surface area contributed by atoms with Gasteiger partial charge in [-0.1, -0.05) is 11.6 Å². The lowest BCUT2D eigenvalue weighted by atomic mass is 9.85. The zero-order chi connectivity index (χ0) is 12.9. The quantitative estimate of drug-likeness (QED) is 0.807. The van der Waals surface area contributed by atoms with E-state index in [9.17, 15) is 9.90 Å². The van der Waals surface area contributed by atoms with Crippen molar-refractivity contribution in [1.82, 2.24) is 4.98 Å². The molecular formula is C15H17NO2. The van der Waals surface area contributed by atoms with Crippen molar-refractivity contribution in [1.29, 1.82) is 0 Å². The number of carboxylic acids is 1. The molecule has 3 nitrogen and oxygen atoms in total. The number of rotatable bonds is 1. The summed E-state index contributed by atoms with van der Waals surface area (Å²) in [5.41, 5.74) is 5.65.